The van der Waals surface area contributed by atoms with Crippen molar-refractivity contribution in [2.45, 2.75) is 0 Å². The Kier molecular flexibility index (Phi) is 2.33. The summed E-state index contributed by atoms with van der Waals surface area (Å²) >= 11 is 0. The number of carboxylic acids is 1. The van der Waals surface area contributed by atoms with Crippen LogP contribution in [0.3, 0.4) is 0 Å². The highest BCUT2D eigenvalue weighted by Crippen LogP contribution is 2.23. The number of hydrogen-bond donors (Lipinski definition) is 1. The van der Waals surface area contributed by atoms with Crippen molar-refractivity contribution in [3.8, 4) is 0 Å². The van der Waals surface area contributed by atoms with Crippen LogP contribution in [0.4, 0.5) is 0 Å². The van der Waals surface area contributed by atoms with Gasteiger partial charge in [-0.2, -0.15) is 0 Å². The number of fused-ring (bicyclic) bond motifs is 1. The van der Waals surface area contributed by atoms with Crippen LogP contribution in [0.25, 0.3) is 11.0 Å². The Bertz CT molecular complexity index is 592. The quantitative estimate of drug-likeness (QED) is 0.872. The third-order valence-corrected chi connectivity index (χ3v) is 3.15. The van der Waals surface area contributed by atoms with Crippen molar-refractivity contribution in [1.82, 2.24) is 4.90 Å². The van der Waals surface area contributed by atoms with Crippen molar-refractivity contribution in [2.75, 3.05) is 13.1 Å². The van der Waals surface area contributed by atoms with Gasteiger partial charge in [-0.15, -0.1) is 0 Å². The smallest absolute Gasteiger partial charge is 0.310 e. The molecule has 0 atom stereocenters. The van der Waals surface area contributed by atoms with Crippen molar-refractivity contribution in [2.24, 2.45) is 5.92 Å². The number of hydrogen-bond acceptors (Lipinski definition) is 3. The largest absolute Gasteiger partial charge is 0.481 e. The lowest BCUT2D eigenvalue weighted by molar-refractivity contribution is -0.146. The highest BCUT2D eigenvalue weighted by atomic mass is 16.4. The molecule has 5 nitrogen and oxygen atoms in total. The van der Waals surface area contributed by atoms with Gasteiger partial charge in [-0.25, -0.2) is 0 Å². The van der Waals surface area contributed by atoms with Crippen LogP contribution in [0.2, 0.25) is 0 Å². The van der Waals surface area contributed by atoms with Crippen LogP contribution < -0.4 is 0 Å². The van der Waals surface area contributed by atoms with Crippen LogP contribution >= 0.6 is 0 Å². The van der Waals surface area contributed by atoms with Crippen LogP contribution in [-0.2, 0) is 4.79 Å². The lowest BCUT2D eigenvalue weighted by atomic mass is 10.0. The first kappa shape index (κ1) is 10.8. The number of para-hydroxylation sites is 1. The van der Waals surface area contributed by atoms with E-state index in [1.165, 1.54) is 4.90 Å². The number of carboxylic acid groups (broad SMARTS) is 1. The summed E-state index contributed by atoms with van der Waals surface area (Å²) in [5.41, 5.74) is 0.663. The number of aliphatic carboxylic acids is 1. The average molecular weight is 245 g/mol. The molecule has 1 aromatic carbocycles. The van der Waals surface area contributed by atoms with E-state index in [0.717, 1.165) is 5.39 Å². The topological polar surface area (TPSA) is 70.8 Å². The molecule has 1 aliphatic rings. The Morgan fingerprint density at radius 3 is 2.67 bits per heavy atom. The predicted molar refractivity (Wildman–Crippen MR) is 63.2 cm³/mol. The van der Waals surface area contributed by atoms with Crippen molar-refractivity contribution < 1.29 is 19.1 Å². The summed E-state index contributed by atoms with van der Waals surface area (Å²) in [4.78, 5) is 24.2. The summed E-state index contributed by atoms with van der Waals surface area (Å²) in [5.74, 6) is -1.29. The zero-order valence-electron chi connectivity index (χ0n) is 9.50. The fraction of sp³-hybridized carbons (Fsp3) is 0.231. The molecule has 0 spiro atoms. The van der Waals surface area contributed by atoms with E-state index in [4.69, 9.17) is 9.52 Å². The average Bonchev–Trinajstić information content (AvgIpc) is 2.69. The Morgan fingerprint density at radius 1 is 1.28 bits per heavy atom. The number of furan rings is 1. The molecule has 0 unspecified atom stereocenters. The summed E-state index contributed by atoms with van der Waals surface area (Å²) in [6.07, 6.45) is 0. The van der Waals surface area contributed by atoms with Crippen molar-refractivity contribution in [3.63, 3.8) is 0 Å². The Balaban J connectivity index is 1.79. The third kappa shape index (κ3) is 1.64. The Hall–Kier alpha value is -2.30. The van der Waals surface area contributed by atoms with Gasteiger partial charge in [-0.05, 0) is 12.1 Å². The minimum absolute atomic E-state index is 0.247. The minimum Gasteiger partial charge on any atom is -0.481 e. The molecular formula is C13H11NO4. The normalized spacial score (nSPS) is 15.7. The van der Waals surface area contributed by atoms with Gasteiger partial charge in [0.15, 0.2) is 5.76 Å². The number of rotatable bonds is 2. The number of nitrogens with zero attached hydrogens (tertiary/aromatic N) is 1. The third-order valence-electron chi connectivity index (χ3n) is 3.15. The lowest BCUT2D eigenvalue weighted by Crippen LogP contribution is -2.52. The standard InChI is InChI=1S/C13H11NO4/c15-12(14-6-9(7-14)13(16)17)11-5-8-3-1-2-4-10(8)18-11/h1-5,9H,6-7H2,(H,16,17). The van der Waals surface area contributed by atoms with Gasteiger partial charge in [-0.3, -0.25) is 9.59 Å². The summed E-state index contributed by atoms with van der Waals surface area (Å²) in [5, 5.41) is 9.63. The second kappa shape index (κ2) is 3.87. The van der Waals surface area contributed by atoms with Gasteiger partial charge >= 0.3 is 5.97 Å². The van der Waals surface area contributed by atoms with Crippen molar-refractivity contribution in [1.29, 1.82) is 0 Å². The molecular weight excluding hydrogens is 234 g/mol. The SMILES string of the molecule is O=C(O)C1CN(C(=O)c2cc3ccccc3o2)C1. The van der Waals surface area contributed by atoms with Gasteiger partial charge < -0.3 is 14.4 Å². The molecule has 0 aliphatic carbocycles. The first-order chi connectivity index (χ1) is 8.65. The predicted octanol–water partition coefficient (Wildman–Crippen LogP) is 1.59. The molecule has 0 saturated carbocycles. The van der Waals surface area contributed by atoms with Gasteiger partial charge in [0.1, 0.15) is 5.58 Å². The second-order valence-electron chi connectivity index (χ2n) is 4.39. The first-order valence-electron chi connectivity index (χ1n) is 5.66. The van der Waals surface area contributed by atoms with Gasteiger partial charge in [0.2, 0.25) is 0 Å². The van der Waals surface area contributed by atoms with E-state index < -0.39 is 11.9 Å². The fourth-order valence-corrected chi connectivity index (χ4v) is 2.04. The molecule has 18 heavy (non-hydrogen) atoms. The molecule has 2 aromatic rings. The van der Waals surface area contributed by atoms with Crippen LogP contribution in [0.15, 0.2) is 34.7 Å². The highest BCUT2D eigenvalue weighted by Gasteiger charge is 2.37. The molecule has 3 rings (SSSR count). The first-order valence-corrected chi connectivity index (χ1v) is 5.66. The van der Waals surface area contributed by atoms with Crippen molar-refractivity contribution >= 4 is 22.8 Å². The summed E-state index contributed by atoms with van der Waals surface area (Å²) in [6.45, 7) is 0.510. The number of amides is 1. The van der Waals surface area contributed by atoms with E-state index in [9.17, 15) is 9.59 Å². The fourth-order valence-electron chi connectivity index (χ4n) is 2.04. The van der Waals surface area contributed by atoms with Crippen LogP contribution in [0.5, 0.6) is 0 Å². The van der Waals surface area contributed by atoms with E-state index in [1.54, 1.807) is 12.1 Å². The molecule has 1 aliphatic heterocycles. The van der Waals surface area contributed by atoms with Crippen LogP contribution in [0, 0.1) is 5.92 Å². The summed E-state index contributed by atoms with van der Waals surface area (Å²) in [6, 6.07) is 9.06. The number of benzene rings is 1. The zero-order chi connectivity index (χ0) is 12.7. The molecule has 1 saturated heterocycles. The van der Waals surface area contributed by atoms with Gasteiger partial charge in [0.25, 0.3) is 5.91 Å². The monoisotopic (exact) mass is 245 g/mol. The summed E-state index contributed by atoms with van der Waals surface area (Å²) in [7, 11) is 0. The maximum absolute atomic E-state index is 12.0. The Morgan fingerprint density at radius 2 is 2.00 bits per heavy atom. The highest BCUT2D eigenvalue weighted by molar-refractivity contribution is 5.97. The maximum atomic E-state index is 12.0. The zero-order valence-corrected chi connectivity index (χ0v) is 9.50. The van der Waals surface area contributed by atoms with E-state index in [2.05, 4.69) is 0 Å². The van der Waals surface area contributed by atoms with Gasteiger partial charge in [-0.1, -0.05) is 18.2 Å². The summed E-state index contributed by atoms with van der Waals surface area (Å²) < 4.78 is 5.44. The Labute approximate surface area is 103 Å². The molecule has 1 aromatic heterocycles. The maximum Gasteiger partial charge on any atom is 0.310 e. The van der Waals surface area contributed by atoms with E-state index in [1.807, 2.05) is 18.2 Å². The molecule has 2 heterocycles. The molecule has 5 heteroatoms. The number of carbonyl (C=O) groups excluding carboxylic acids is 1. The molecule has 1 N–H and O–H groups in total. The molecule has 92 valence electrons. The second-order valence-corrected chi connectivity index (χ2v) is 4.39. The van der Waals surface area contributed by atoms with Crippen molar-refractivity contribution in [3.05, 3.63) is 36.1 Å². The number of carbonyl (C=O) groups is 2. The molecule has 1 fully saturated rings. The molecule has 1 amide bonds. The molecule has 0 bridgehead atoms. The molecule has 0 radical (unpaired) electrons. The lowest BCUT2D eigenvalue weighted by Gasteiger charge is -2.35. The van der Waals surface area contributed by atoms with Crippen LogP contribution in [-0.4, -0.2) is 35.0 Å². The van der Waals surface area contributed by atoms with Crippen LogP contribution in [0.1, 0.15) is 10.6 Å². The van der Waals surface area contributed by atoms with E-state index in [0.29, 0.717) is 5.58 Å². The van der Waals surface area contributed by atoms with Gasteiger partial charge in [0, 0.05) is 18.5 Å². The minimum atomic E-state index is -0.858. The van der Waals surface area contributed by atoms with E-state index in [-0.39, 0.29) is 24.8 Å². The van der Waals surface area contributed by atoms with Gasteiger partial charge in [0.05, 0.1) is 5.92 Å². The van der Waals surface area contributed by atoms with E-state index >= 15 is 0 Å². The number of likely N-dealkylation sites (tertiary alicyclic amines) is 1.